The molecule has 0 fully saturated rings. The van der Waals surface area contributed by atoms with Crippen LogP contribution in [-0.4, -0.2) is 29.1 Å². The van der Waals surface area contributed by atoms with Gasteiger partial charge in [-0.25, -0.2) is 22.0 Å². The lowest BCUT2D eigenvalue weighted by molar-refractivity contribution is 0.0861. The van der Waals surface area contributed by atoms with Crippen molar-refractivity contribution < 1.29 is 35.2 Å². The number of rotatable bonds is 9. The molecule has 1 aromatic rings. The normalized spacial score (nSPS) is 12.0. The fraction of sp³-hybridized carbons (Fsp3) is 0.571. The zero-order chi connectivity index (χ0) is 17.6. The van der Waals surface area contributed by atoms with Gasteiger partial charge in [-0.05, 0) is 26.7 Å². The Morgan fingerprint density at radius 3 is 1.61 bits per heavy atom. The zero-order valence-corrected chi connectivity index (χ0v) is 14.2. The highest BCUT2D eigenvalue weighted by atomic mass is 28.4. The van der Waals surface area contributed by atoms with Crippen LogP contribution in [0.1, 0.15) is 25.8 Å². The van der Waals surface area contributed by atoms with Crippen molar-refractivity contribution >= 4 is 8.80 Å². The highest BCUT2D eigenvalue weighted by molar-refractivity contribution is 6.60. The Labute approximate surface area is 132 Å². The number of hydrogen-bond acceptors (Lipinski definition) is 3. The minimum atomic E-state index is -3.00. The summed E-state index contributed by atoms with van der Waals surface area (Å²) in [4.78, 5) is 0. The Morgan fingerprint density at radius 1 is 0.783 bits per heavy atom. The van der Waals surface area contributed by atoms with Crippen LogP contribution in [0.25, 0.3) is 0 Å². The van der Waals surface area contributed by atoms with Gasteiger partial charge in [0.25, 0.3) is 0 Å². The molecule has 1 rings (SSSR count). The lowest BCUT2D eigenvalue weighted by Crippen LogP contribution is -2.44. The molecule has 0 aliphatic rings. The molecular formula is C14H19F5O3Si. The van der Waals surface area contributed by atoms with Crippen molar-refractivity contribution in [3.05, 3.63) is 34.6 Å². The van der Waals surface area contributed by atoms with Gasteiger partial charge in [0.05, 0.1) is 0 Å². The van der Waals surface area contributed by atoms with E-state index in [4.69, 9.17) is 13.3 Å². The first-order valence-electron chi connectivity index (χ1n) is 7.16. The molecule has 0 spiro atoms. The van der Waals surface area contributed by atoms with Crippen molar-refractivity contribution in [3.63, 3.8) is 0 Å². The molecule has 0 radical (unpaired) electrons. The van der Waals surface area contributed by atoms with Crippen LogP contribution >= 0.6 is 0 Å². The monoisotopic (exact) mass is 358 g/mol. The number of halogens is 5. The first-order valence-corrected chi connectivity index (χ1v) is 9.10. The van der Waals surface area contributed by atoms with Crippen molar-refractivity contribution in [2.45, 2.75) is 32.7 Å². The van der Waals surface area contributed by atoms with Crippen molar-refractivity contribution in [1.29, 1.82) is 0 Å². The second kappa shape index (κ2) is 8.72. The van der Waals surface area contributed by atoms with Gasteiger partial charge in [-0.1, -0.05) is 0 Å². The molecule has 23 heavy (non-hydrogen) atoms. The third-order valence-corrected chi connectivity index (χ3v) is 6.29. The molecular weight excluding hydrogens is 339 g/mol. The fourth-order valence-corrected chi connectivity index (χ4v) is 4.50. The molecule has 0 saturated carbocycles. The molecule has 9 heteroatoms. The molecule has 0 saturated heterocycles. The van der Waals surface area contributed by atoms with Crippen LogP contribution in [0.5, 0.6) is 0 Å². The summed E-state index contributed by atoms with van der Waals surface area (Å²) in [5.41, 5.74) is -0.839. The zero-order valence-electron chi connectivity index (χ0n) is 13.2. The smallest absolute Gasteiger partial charge is 0.377 e. The summed E-state index contributed by atoms with van der Waals surface area (Å²) in [6, 6.07) is 0.199. The highest BCUT2D eigenvalue weighted by Gasteiger charge is 2.39. The Kier molecular flexibility index (Phi) is 7.58. The molecule has 1 aromatic carbocycles. The molecule has 0 heterocycles. The summed E-state index contributed by atoms with van der Waals surface area (Å²) in [5, 5.41) is 0. The molecule has 132 valence electrons. The minimum Gasteiger partial charge on any atom is -0.377 e. The maximum atomic E-state index is 13.6. The van der Waals surface area contributed by atoms with Crippen LogP contribution < -0.4 is 0 Å². The Balaban J connectivity index is 2.90. The van der Waals surface area contributed by atoms with Crippen molar-refractivity contribution in [1.82, 2.24) is 0 Å². The molecule has 0 N–H and O–H groups in total. The second-order valence-electron chi connectivity index (χ2n) is 4.66. The summed E-state index contributed by atoms with van der Waals surface area (Å²) in [6.07, 6.45) is -0.248. The van der Waals surface area contributed by atoms with Crippen molar-refractivity contribution in [3.8, 4) is 0 Å². The maximum absolute atomic E-state index is 13.6. The largest absolute Gasteiger partial charge is 0.500 e. The number of benzene rings is 1. The van der Waals surface area contributed by atoms with Gasteiger partial charge in [0.1, 0.15) is 0 Å². The number of hydrogen-bond donors (Lipinski definition) is 0. The second-order valence-corrected chi connectivity index (χ2v) is 7.51. The maximum Gasteiger partial charge on any atom is 0.500 e. The molecule has 3 nitrogen and oxygen atoms in total. The summed E-state index contributed by atoms with van der Waals surface area (Å²) >= 11 is 0. The van der Waals surface area contributed by atoms with Gasteiger partial charge >= 0.3 is 8.80 Å². The van der Waals surface area contributed by atoms with E-state index in [0.717, 1.165) is 0 Å². The predicted octanol–water partition coefficient (Wildman–Crippen LogP) is 3.97. The average Bonchev–Trinajstić information content (AvgIpc) is 2.54. The molecule has 0 unspecified atom stereocenters. The highest BCUT2D eigenvalue weighted by Crippen LogP contribution is 2.26. The topological polar surface area (TPSA) is 27.7 Å². The van der Waals surface area contributed by atoms with E-state index in [2.05, 4.69) is 0 Å². The first-order chi connectivity index (χ1) is 10.8. The molecule has 0 atom stereocenters. The average molecular weight is 358 g/mol. The van der Waals surface area contributed by atoms with Crippen LogP contribution in [0.4, 0.5) is 22.0 Å². The van der Waals surface area contributed by atoms with E-state index in [-0.39, 0.29) is 18.9 Å². The predicted molar refractivity (Wildman–Crippen MR) is 75.4 cm³/mol. The lowest BCUT2D eigenvalue weighted by atomic mass is 10.1. The van der Waals surface area contributed by atoms with E-state index in [1.165, 1.54) is 7.11 Å². The summed E-state index contributed by atoms with van der Waals surface area (Å²) < 4.78 is 82.7. The Morgan fingerprint density at radius 2 is 1.22 bits per heavy atom. The molecule has 0 aliphatic heterocycles. The third kappa shape index (κ3) is 4.49. The Hall–Kier alpha value is -1.03. The van der Waals surface area contributed by atoms with E-state index in [9.17, 15) is 22.0 Å². The van der Waals surface area contributed by atoms with Gasteiger partial charge < -0.3 is 13.3 Å². The van der Waals surface area contributed by atoms with Gasteiger partial charge in [0.15, 0.2) is 23.3 Å². The summed E-state index contributed by atoms with van der Waals surface area (Å²) in [6.45, 7) is 4.12. The molecule has 0 amide bonds. The van der Waals surface area contributed by atoms with Crippen LogP contribution in [-0.2, 0) is 19.7 Å². The quantitative estimate of drug-likeness (QED) is 0.289. The van der Waals surface area contributed by atoms with Crippen LogP contribution in [0.2, 0.25) is 6.04 Å². The molecule has 0 aliphatic carbocycles. The third-order valence-electron chi connectivity index (χ3n) is 3.25. The first kappa shape index (κ1) is 20.0. The van der Waals surface area contributed by atoms with E-state index < -0.39 is 43.5 Å². The summed E-state index contributed by atoms with van der Waals surface area (Å²) in [5.74, 6) is -9.65. The fourth-order valence-electron chi connectivity index (χ4n) is 2.20. The minimum absolute atomic E-state index is 0.0956. The van der Waals surface area contributed by atoms with Crippen LogP contribution in [0.3, 0.4) is 0 Å². The van der Waals surface area contributed by atoms with Crippen molar-refractivity contribution in [2.24, 2.45) is 0 Å². The van der Waals surface area contributed by atoms with E-state index >= 15 is 0 Å². The lowest BCUT2D eigenvalue weighted by Gasteiger charge is -2.27. The SMILES string of the molecule is CCO[Si](CCCc1c(F)c(F)c(F)c(F)c1F)(OC)OCC. The molecule has 0 bridgehead atoms. The Bertz CT molecular complexity index is 507. The van der Waals surface area contributed by atoms with Gasteiger partial charge in [0, 0.05) is 31.9 Å². The standard InChI is InChI=1S/C14H19F5O3Si/c1-4-21-23(20-3,22-5-2)8-6-7-9-10(15)12(17)14(19)13(18)11(9)16/h4-8H2,1-3H3. The van der Waals surface area contributed by atoms with Crippen LogP contribution in [0, 0.1) is 29.1 Å². The van der Waals surface area contributed by atoms with E-state index in [1.807, 2.05) is 0 Å². The molecule has 0 aromatic heterocycles. The summed E-state index contributed by atoms with van der Waals surface area (Å²) in [7, 11) is -1.60. The van der Waals surface area contributed by atoms with Gasteiger partial charge in [-0.15, -0.1) is 0 Å². The van der Waals surface area contributed by atoms with Gasteiger partial charge in [-0.3, -0.25) is 0 Å². The van der Waals surface area contributed by atoms with Gasteiger partial charge in [0.2, 0.25) is 5.82 Å². The van der Waals surface area contributed by atoms with Crippen LogP contribution in [0.15, 0.2) is 0 Å². The van der Waals surface area contributed by atoms with Crippen molar-refractivity contribution in [2.75, 3.05) is 20.3 Å². The van der Waals surface area contributed by atoms with E-state index in [1.54, 1.807) is 13.8 Å². The van der Waals surface area contributed by atoms with Gasteiger partial charge in [-0.2, -0.15) is 0 Å². The van der Waals surface area contributed by atoms with E-state index in [0.29, 0.717) is 13.2 Å².